The van der Waals surface area contributed by atoms with Gasteiger partial charge in [-0.15, -0.1) is 0 Å². The Balaban J connectivity index is 1.94. The number of aryl methyl sites for hydroxylation is 3. The smallest absolute Gasteiger partial charge is 0.270 e. The Morgan fingerprint density at radius 3 is 2.58 bits per heavy atom. The summed E-state index contributed by atoms with van der Waals surface area (Å²) >= 11 is 0. The van der Waals surface area contributed by atoms with Crippen molar-refractivity contribution in [3.8, 4) is 0 Å². The van der Waals surface area contributed by atoms with Crippen LogP contribution in [0.3, 0.4) is 0 Å². The number of nitrogens with zero attached hydrogens (tertiary/aromatic N) is 3. The van der Waals surface area contributed by atoms with E-state index in [9.17, 15) is 4.79 Å². The fourth-order valence-corrected chi connectivity index (χ4v) is 2.63. The van der Waals surface area contributed by atoms with Gasteiger partial charge in [0.25, 0.3) is 11.6 Å². The van der Waals surface area contributed by atoms with Crippen molar-refractivity contribution in [2.75, 3.05) is 11.6 Å². The zero-order valence-electron chi connectivity index (χ0n) is 14.3. The van der Waals surface area contributed by atoms with Gasteiger partial charge in [0.15, 0.2) is 0 Å². The number of hydrazine groups is 1. The van der Waals surface area contributed by atoms with E-state index in [2.05, 4.69) is 15.6 Å². The number of nitrogens with one attached hydrogen (secondary N) is 1. The van der Waals surface area contributed by atoms with Gasteiger partial charge in [0.2, 0.25) is 0 Å². The molecule has 0 spiro atoms. The Labute approximate surface area is 140 Å². The molecule has 2 heterocycles. The number of hydrogen-bond donors (Lipinski definition) is 1. The van der Waals surface area contributed by atoms with E-state index in [0.717, 1.165) is 5.69 Å². The number of anilines is 1. The Morgan fingerprint density at radius 1 is 1.21 bits per heavy atom. The van der Waals surface area contributed by atoms with Gasteiger partial charge in [-0.2, -0.15) is 0 Å². The van der Waals surface area contributed by atoms with Gasteiger partial charge in [-0.05, 0) is 45.9 Å². The van der Waals surface area contributed by atoms with Crippen LogP contribution in [0.5, 0.6) is 0 Å². The van der Waals surface area contributed by atoms with Crippen molar-refractivity contribution in [1.29, 1.82) is 0 Å². The zero-order valence-corrected chi connectivity index (χ0v) is 14.3. The fraction of sp³-hybridized carbons (Fsp3) is 0.278. The molecule has 3 rings (SSSR count). The van der Waals surface area contributed by atoms with E-state index in [0.29, 0.717) is 34.6 Å². The molecular weight excluding hydrogens is 304 g/mol. The number of amides is 1. The molecule has 1 aromatic carbocycles. The maximum Gasteiger partial charge on any atom is 0.270 e. The van der Waals surface area contributed by atoms with E-state index < -0.39 is 0 Å². The van der Waals surface area contributed by atoms with Gasteiger partial charge >= 0.3 is 0 Å². The first-order chi connectivity index (χ1) is 11.5. The maximum absolute atomic E-state index is 12.8. The predicted molar refractivity (Wildman–Crippen MR) is 92.9 cm³/mol. The number of carbonyl (C=O) groups excluding carboxylic acids is 1. The third-order valence-electron chi connectivity index (χ3n) is 3.89. The van der Waals surface area contributed by atoms with Crippen molar-refractivity contribution in [3.05, 3.63) is 52.8 Å². The Hall–Kier alpha value is -2.89. The first-order valence-electron chi connectivity index (χ1n) is 7.88. The average Bonchev–Trinajstić information content (AvgIpc) is 2.93. The molecule has 2 aromatic heterocycles. The minimum absolute atomic E-state index is 0.209. The SMILES string of the molecule is CCN(NC(=O)c1cc(C)nc2onc(C)c12)c1ccc(C)cc1. The van der Waals surface area contributed by atoms with E-state index in [1.807, 2.05) is 50.0 Å². The summed E-state index contributed by atoms with van der Waals surface area (Å²) in [6, 6.07) is 9.76. The zero-order chi connectivity index (χ0) is 17.3. The number of rotatable bonds is 4. The van der Waals surface area contributed by atoms with Gasteiger partial charge in [-0.25, -0.2) is 4.98 Å². The fourth-order valence-electron chi connectivity index (χ4n) is 2.63. The van der Waals surface area contributed by atoms with E-state index in [1.165, 1.54) is 5.56 Å². The minimum atomic E-state index is -0.209. The monoisotopic (exact) mass is 324 g/mol. The molecule has 0 saturated heterocycles. The molecule has 1 N–H and O–H groups in total. The quantitative estimate of drug-likeness (QED) is 0.745. The van der Waals surface area contributed by atoms with Crippen LogP contribution in [0, 0.1) is 20.8 Å². The summed E-state index contributed by atoms with van der Waals surface area (Å²) in [7, 11) is 0. The van der Waals surface area contributed by atoms with Gasteiger partial charge in [0, 0.05) is 12.2 Å². The number of hydrogen-bond acceptors (Lipinski definition) is 5. The number of fused-ring (bicyclic) bond motifs is 1. The molecule has 3 aromatic rings. The summed E-state index contributed by atoms with van der Waals surface area (Å²) in [6.45, 7) is 8.29. The van der Waals surface area contributed by atoms with Crippen LogP contribution >= 0.6 is 0 Å². The Morgan fingerprint density at radius 2 is 1.92 bits per heavy atom. The van der Waals surface area contributed by atoms with Crippen molar-refractivity contribution in [1.82, 2.24) is 15.6 Å². The molecule has 0 bridgehead atoms. The van der Waals surface area contributed by atoms with Crippen LogP contribution in [-0.2, 0) is 0 Å². The van der Waals surface area contributed by atoms with Gasteiger partial charge in [0.05, 0.1) is 22.3 Å². The molecule has 0 aliphatic carbocycles. The largest absolute Gasteiger partial charge is 0.336 e. The molecule has 0 fully saturated rings. The summed E-state index contributed by atoms with van der Waals surface area (Å²) < 4.78 is 5.19. The molecule has 0 radical (unpaired) electrons. The number of aromatic nitrogens is 2. The van der Waals surface area contributed by atoms with Gasteiger partial charge < -0.3 is 4.52 Å². The second-order valence-corrected chi connectivity index (χ2v) is 5.78. The van der Waals surface area contributed by atoms with E-state index in [4.69, 9.17) is 4.52 Å². The summed E-state index contributed by atoms with van der Waals surface area (Å²) in [5.41, 5.74) is 7.32. The third kappa shape index (κ3) is 2.95. The van der Waals surface area contributed by atoms with Gasteiger partial charge in [-0.1, -0.05) is 22.9 Å². The first kappa shape index (κ1) is 16.0. The topological polar surface area (TPSA) is 71.3 Å². The molecule has 0 unspecified atom stereocenters. The standard InChI is InChI=1S/C18H20N4O2/c1-5-22(14-8-6-11(2)7-9-14)20-17(23)15-10-12(3)19-18-16(15)13(4)21-24-18/h6-10H,5H2,1-4H3,(H,20,23). The first-order valence-corrected chi connectivity index (χ1v) is 7.88. The Kier molecular flexibility index (Phi) is 4.20. The van der Waals surface area contributed by atoms with Crippen LogP contribution in [0.2, 0.25) is 0 Å². The summed E-state index contributed by atoms with van der Waals surface area (Å²) in [6.07, 6.45) is 0. The van der Waals surface area contributed by atoms with Crippen LogP contribution < -0.4 is 10.4 Å². The van der Waals surface area contributed by atoms with Crippen LogP contribution in [0.1, 0.15) is 34.2 Å². The summed E-state index contributed by atoms with van der Waals surface area (Å²) in [5.74, 6) is -0.209. The number of pyridine rings is 1. The lowest BCUT2D eigenvalue weighted by Crippen LogP contribution is -2.42. The van der Waals surface area contributed by atoms with Crippen LogP contribution in [0.15, 0.2) is 34.9 Å². The molecule has 0 atom stereocenters. The molecule has 6 nitrogen and oxygen atoms in total. The van der Waals surface area contributed by atoms with Gasteiger partial charge in [0.1, 0.15) is 0 Å². The van der Waals surface area contributed by atoms with Crippen molar-refractivity contribution in [3.63, 3.8) is 0 Å². The lowest BCUT2D eigenvalue weighted by Gasteiger charge is -2.24. The highest BCUT2D eigenvalue weighted by molar-refractivity contribution is 6.06. The predicted octanol–water partition coefficient (Wildman–Crippen LogP) is 3.32. The van der Waals surface area contributed by atoms with E-state index in [-0.39, 0.29) is 5.91 Å². The summed E-state index contributed by atoms with van der Waals surface area (Å²) in [4.78, 5) is 17.1. The van der Waals surface area contributed by atoms with Crippen molar-refractivity contribution < 1.29 is 9.32 Å². The summed E-state index contributed by atoms with van der Waals surface area (Å²) in [5, 5.41) is 6.38. The lowest BCUT2D eigenvalue weighted by atomic mass is 10.1. The second kappa shape index (κ2) is 6.31. The van der Waals surface area contributed by atoms with Crippen LogP contribution in [-0.4, -0.2) is 22.6 Å². The number of benzene rings is 1. The molecule has 6 heteroatoms. The van der Waals surface area contributed by atoms with Crippen LogP contribution in [0.25, 0.3) is 11.1 Å². The average molecular weight is 324 g/mol. The van der Waals surface area contributed by atoms with E-state index >= 15 is 0 Å². The number of carbonyl (C=O) groups is 1. The maximum atomic E-state index is 12.8. The van der Waals surface area contributed by atoms with Crippen molar-refractivity contribution in [2.24, 2.45) is 0 Å². The molecule has 24 heavy (non-hydrogen) atoms. The Bertz CT molecular complexity index is 884. The molecular formula is C18H20N4O2. The molecule has 0 saturated carbocycles. The van der Waals surface area contributed by atoms with Crippen LogP contribution in [0.4, 0.5) is 5.69 Å². The minimum Gasteiger partial charge on any atom is -0.336 e. The highest BCUT2D eigenvalue weighted by Crippen LogP contribution is 2.22. The molecule has 0 aliphatic heterocycles. The van der Waals surface area contributed by atoms with Crippen molar-refractivity contribution >= 4 is 22.7 Å². The van der Waals surface area contributed by atoms with Crippen molar-refractivity contribution in [2.45, 2.75) is 27.7 Å². The molecule has 1 amide bonds. The highest BCUT2D eigenvalue weighted by atomic mass is 16.5. The second-order valence-electron chi connectivity index (χ2n) is 5.78. The van der Waals surface area contributed by atoms with E-state index in [1.54, 1.807) is 13.0 Å². The lowest BCUT2D eigenvalue weighted by molar-refractivity contribution is 0.0950. The molecule has 124 valence electrons. The third-order valence-corrected chi connectivity index (χ3v) is 3.89. The molecule has 0 aliphatic rings. The normalized spacial score (nSPS) is 10.8. The van der Waals surface area contributed by atoms with Gasteiger partial charge in [-0.3, -0.25) is 15.2 Å². The highest BCUT2D eigenvalue weighted by Gasteiger charge is 2.19.